The van der Waals surface area contributed by atoms with Crippen molar-refractivity contribution in [2.45, 2.75) is 31.8 Å². The molecule has 1 unspecified atom stereocenters. The zero-order valence-corrected chi connectivity index (χ0v) is 14.5. The highest BCUT2D eigenvalue weighted by Gasteiger charge is 2.42. The molecule has 13 nitrogen and oxygen atoms in total. The molecule has 0 radical (unpaired) electrons. The molecule has 1 aliphatic rings. The van der Waals surface area contributed by atoms with E-state index in [0.29, 0.717) is 11.2 Å². The Morgan fingerprint density at radius 1 is 1.32 bits per heavy atom. The average molecular weight is 395 g/mol. The molecule has 0 aliphatic carbocycles. The van der Waals surface area contributed by atoms with Gasteiger partial charge in [0.2, 0.25) is 0 Å². The van der Waals surface area contributed by atoms with Crippen LogP contribution in [-0.2, 0) is 22.7 Å². The molecular formula is C10H15N5O8P2. The van der Waals surface area contributed by atoms with Crippen LogP contribution in [0.3, 0.4) is 0 Å². The van der Waals surface area contributed by atoms with Gasteiger partial charge in [0.25, 0.3) is 0 Å². The van der Waals surface area contributed by atoms with Gasteiger partial charge in [0, 0.05) is 6.42 Å². The molecule has 1 saturated heterocycles. The number of phosphoric ester groups is 1. The zero-order chi connectivity index (χ0) is 18.4. The summed E-state index contributed by atoms with van der Waals surface area (Å²) in [4.78, 5) is 38.8. The number of aromatic nitrogens is 4. The fourth-order valence-electron chi connectivity index (χ4n) is 2.49. The lowest BCUT2D eigenvalue weighted by molar-refractivity contribution is -0.00650. The van der Waals surface area contributed by atoms with E-state index in [9.17, 15) is 14.0 Å². The van der Waals surface area contributed by atoms with E-state index in [1.54, 1.807) is 11.5 Å². The maximum atomic E-state index is 11.7. The Morgan fingerprint density at radius 2 is 2.04 bits per heavy atom. The van der Waals surface area contributed by atoms with Crippen LogP contribution in [0.5, 0.6) is 0 Å². The summed E-state index contributed by atoms with van der Waals surface area (Å²) in [5.74, 6) is 0.192. The summed E-state index contributed by atoms with van der Waals surface area (Å²) >= 11 is 0. The highest BCUT2D eigenvalue weighted by Crippen LogP contribution is 2.59. The average Bonchev–Trinajstić information content (AvgIpc) is 3.01. The van der Waals surface area contributed by atoms with Crippen molar-refractivity contribution in [2.75, 3.05) is 5.73 Å². The van der Waals surface area contributed by atoms with Crippen LogP contribution in [0.4, 0.5) is 5.82 Å². The Balaban J connectivity index is 1.78. The third kappa shape index (κ3) is 4.05. The van der Waals surface area contributed by atoms with Gasteiger partial charge < -0.3 is 25.2 Å². The predicted molar refractivity (Wildman–Crippen MR) is 81.8 cm³/mol. The van der Waals surface area contributed by atoms with Crippen molar-refractivity contribution in [3.05, 3.63) is 12.7 Å². The standard InChI is InChI=1S/C10H15N5O8P2/c1-5-6(22-25(19,20)23-24(16,17)18)2-7(21-5)15-4-14-8-9(11)12-3-13-10(8)15/h3-7H,2H2,1H3,(H,19,20)(H2,11,12,13)(H2,16,17,18)/t5-,6+,7-/m1/s1. The Labute approximate surface area is 140 Å². The summed E-state index contributed by atoms with van der Waals surface area (Å²) in [6.45, 7) is 1.57. The first-order valence-electron chi connectivity index (χ1n) is 6.92. The molecule has 3 rings (SSSR count). The second kappa shape index (κ2) is 6.38. The summed E-state index contributed by atoms with van der Waals surface area (Å²) < 4.78 is 38.2. The molecule has 0 amide bonds. The molecule has 1 aliphatic heterocycles. The minimum Gasteiger partial charge on any atom is -0.382 e. The van der Waals surface area contributed by atoms with Crippen molar-refractivity contribution in [3.63, 3.8) is 0 Å². The SMILES string of the molecule is C[C@H]1O[C@@H](n2cnc3c(N)ncnc32)C[C@@H]1OP(=O)(O)OP(=O)(O)O. The normalized spacial score (nSPS) is 26.8. The molecule has 0 saturated carbocycles. The van der Waals surface area contributed by atoms with Gasteiger partial charge >= 0.3 is 15.6 Å². The van der Waals surface area contributed by atoms with Crippen LogP contribution in [0, 0.1) is 0 Å². The van der Waals surface area contributed by atoms with E-state index < -0.39 is 34.1 Å². The van der Waals surface area contributed by atoms with Gasteiger partial charge in [-0.25, -0.2) is 24.1 Å². The van der Waals surface area contributed by atoms with Crippen molar-refractivity contribution in [3.8, 4) is 0 Å². The van der Waals surface area contributed by atoms with Crippen LogP contribution in [0.1, 0.15) is 19.6 Å². The number of hydrogen-bond donors (Lipinski definition) is 4. The van der Waals surface area contributed by atoms with Gasteiger partial charge in [0.15, 0.2) is 11.5 Å². The largest absolute Gasteiger partial charge is 0.481 e. The summed E-state index contributed by atoms with van der Waals surface area (Å²) in [5.41, 5.74) is 6.49. The van der Waals surface area contributed by atoms with Gasteiger partial charge in [0.1, 0.15) is 18.1 Å². The quantitative estimate of drug-likeness (QED) is 0.507. The van der Waals surface area contributed by atoms with Gasteiger partial charge in [-0.1, -0.05) is 0 Å². The number of hydrogen-bond acceptors (Lipinski definition) is 9. The molecule has 138 valence electrons. The van der Waals surface area contributed by atoms with E-state index in [2.05, 4.69) is 19.3 Å². The monoisotopic (exact) mass is 395 g/mol. The number of ether oxygens (including phenoxy) is 1. The smallest absolute Gasteiger partial charge is 0.382 e. The lowest BCUT2D eigenvalue weighted by atomic mass is 10.2. The molecule has 0 aromatic carbocycles. The Hall–Kier alpha value is -1.43. The first kappa shape index (κ1) is 18.4. The van der Waals surface area contributed by atoms with Crippen molar-refractivity contribution in [2.24, 2.45) is 0 Å². The number of imidazole rings is 1. The van der Waals surface area contributed by atoms with Gasteiger partial charge in [0.05, 0.1) is 18.5 Å². The first-order valence-corrected chi connectivity index (χ1v) is 9.95. The Kier molecular flexibility index (Phi) is 4.69. The number of fused-ring (bicyclic) bond motifs is 1. The molecule has 25 heavy (non-hydrogen) atoms. The van der Waals surface area contributed by atoms with Gasteiger partial charge in [-0.15, -0.1) is 0 Å². The second-order valence-corrected chi connectivity index (χ2v) is 8.08. The number of nitrogens with zero attached hydrogens (tertiary/aromatic N) is 4. The molecule has 15 heteroatoms. The maximum absolute atomic E-state index is 11.7. The number of rotatable bonds is 5. The molecule has 4 atom stereocenters. The lowest BCUT2D eigenvalue weighted by Gasteiger charge is -2.18. The van der Waals surface area contributed by atoms with E-state index in [4.69, 9.17) is 24.8 Å². The maximum Gasteiger partial charge on any atom is 0.481 e. The van der Waals surface area contributed by atoms with Crippen molar-refractivity contribution < 1.29 is 37.4 Å². The number of anilines is 1. The summed E-state index contributed by atoms with van der Waals surface area (Å²) in [7, 11) is -10.2. The van der Waals surface area contributed by atoms with Gasteiger partial charge in [-0.05, 0) is 6.92 Å². The fourth-order valence-corrected chi connectivity index (χ4v) is 4.32. The minimum atomic E-state index is -5.19. The van der Waals surface area contributed by atoms with Crippen LogP contribution in [-0.4, -0.2) is 46.4 Å². The summed E-state index contributed by atoms with van der Waals surface area (Å²) in [6, 6.07) is 0. The minimum absolute atomic E-state index is 0.0889. The Morgan fingerprint density at radius 3 is 2.72 bits per heavy atom. The van der Waals surface area contributed by atoms with Crippen LogP contribution < -0.4 is 5.73 Å². The molecule has 1 fully saturated rings. The molecule has 2 aromatic rings. The van der Waals surface area contributed by atoms with Crippen LogP contribution >= 0.6 is 15.6 Å². The molecule has 3 heterocycles. The molecule has 2 aromatic heterocycles. The summed E-state index contributed by atoms with van der Waals surface area (Å²) in [5, 5.41) is 0. The highest BCUT2D eigenvalue weighted by molar-refractivity contribution is 7.60. The first-order chi connectivity index (χ1) is 11.6. The second-order valence-electron chi connectivity index (χ2n) is 5.30. The lowest BCUT2D eigenvalue weighted by Crippen LogP contribution is -2.20. The molecular weight excluding hydrogens is 380 g/mol. The zero-order valence-electron chi connectivity index (χ0n) is 12.7. The van der Waals surface area contributed by atoms with E-state index in [0.717, 1.165) is 0 Å². The van der Waals surface area contributed by atoms with E-state index in [1.807, 2.05) is 0 Å². The molecule has 0 spiro atoms. The highest BCUT2D eigenvalue weighted by atomic mass is 31.3. The number of nitrogens with two attached hydrogens (primary N) is 1. The van der Waals surface area contributed by atoms with Crippen LogP contribution in [0.2, 0.25) is 0 Å². The summed E-state index contributed by atoms with van der Waals surface area (Å²) in [6.07, 6.45) is 0.518. The van der Waals surface area contributed by atoms with Crippen molar-refractivity contribution in [1.29, 1.82) is 0 Å². The fraction of sp³-hybridized carbons (Fsp3) is 0.500. The van der Waals surface area contributed by atoms with E-state index in [-0.39, 0.29) is 12.2 Å². The van der Waals surface area contributed by atoms with Crippen molar-refractivity contribution in [1.82, 2.24) is 19.5 Å². The molecule has 5 N–H and O–H groups in total. The van der Waals surface area contributed by atoms with Crippen LogP contribution in [0.25, 0.3) is 11.2 Å². The Bertz CT molecular complexity index is 883. The number of phosphoric acid groups is 2. The third-order valence-corrected chi connectivity index (χ3v) is 5.72. The van der Waals surface area contributed by atoms with Gasteiger partial charge in [-0.3, -0.25) is 9.09 Å². The predicted octanol–water partition coefficient (Wildman–Crippen LogP) is 0.311. The third-order valence-electron chi connectivity index (χ3n) is 3.50. The van der Waals surface area contributed by atoms with Gasteiger partial charge in [-0.2, -0.15) is 4.31 Å². The topological polar surface area (TPSA) is 192 Å². The van der Waals surface area contributed by atoms with Crippen LogP contribution in [0.15, 0.2) is 12.7 Å². The van der Waals surface area contributed by atoms with E-state index in [1.165, 1.54) is 12.7 Å². The van der Waals surface area contributed by atoms with E-state index >= 15 is 0 Å². The van der Waals surface area contributed by atoms with Crippen molar-refractivity contribution >= 4 is 32.6 Å². The number of nitrogen functional groups attached to an aromatic ring is 1. The molecule has 0 bridgehead atoms.